The summed E-state index contributed by atoms with van der Waals surface area (Å²) in [5.74, 6) is -3.80. The summed E-state index contributed by atoms with van der Waals surface area (Å²) in [5, 5.41) is 0. The van der Waals surface area contributed by atoms with E-state index >= 15 is 0 Å². The molecule has 0 aromatic heterocycles. The smallest absolute Gasteiger partial charge is 0.199 e. The second-order valence-electron chi connectivity index (χ2n) is 3.95. The van der Waals surface area contributed by atoms with E-state index in [1.165, 1.54) is 13.2 Å². The number of rotatable bonds is 3. The third-order valence-corrected chi connectivity index (χ3v) is 3.06. The fourth-order valence-electron chi connectivity index (χ4n) is 1.71. The van der Waals surface area contributed by atoms with Crippen LogP contribution in [-0.4, -0.2) is 12.9 Å². The van der Waals surface area contributed by atoms with Crippen LogP contribution in [0.25, 0.3) is 0 Å². The molecule has 0 heterocycles. The van der Waals surface area contributed by atoms with Crippen LogP contribution in [0.1, 0.15) is 15.9 Å². The van der Waals surface area contributed by atoms with E-state index < -0.39 is 28.8 Å². The lowest BCUT2D eigenvalue weighted by molar-refractivity contribution is 0.103. The van der Waals surface area contributed by atoms with Gasteiger partial charge in [-0.05, 0) is 18.2 Å². The molecule has 0 aliphatic carbocycles. The highest BCUT2D eigenvalue weighted by Crippen LogP contribution is 2.24. The van der Waals surface area contributed by atoms with Crippen LogP contribution in [-0.2, 0) is 0 Å². The summed E-state index contributed by atoms with van der Waals surface area (Å²) in [5.41, 5.74) is -0.900. The summed E-state index contributed by atoms with van der Waals surface area (Å²) in [6.45, 7) is 0. The lowest BCUT2D eigenvalue weighted by atomic mass is 10.0. The van der Waals surface area contributed by atoms with Crippen LogP contribution < -0.4 is 4.74 Å². The van der Waals surface area contributed by atoms with Crippen molar-refractivity contribution in [2.45, 2.75) is 0 Å². The Labute approximate surface area is 121 Å². The van der Waals surface area contributed by atoms with E-state index in [1.807, 2.05) is 0 Å². The van der Waals surface area contributed by atoms with Crippen molar-refractivity contribution < 1.29 is 22.7 Å². The summed E-state index contributed by atoms with van der Waals surface area (Å²) in [6, 6.07) is 5.12. The van der Waals surface area contributed by atoms with Crippen LogP contribution in [0.15, 0.2) is 34.8 Å². The van der Waals surface area contributed by atoms with Gasteiger partial charge in [-0.1, -0.05) is 15.9 Å². The highest BCUT2D eigenvalue weighted by molar-refractivity contribution is 9.10. The molecule has 0 spiro atoms. The van der Waals surface area contributed by atoms with Crippen molar-refractivity contribution in [3.8, 4) is 5.75 Å². The van der Waals surface area contributed by atoms with Crippen molar-refractivity contribution in [3.63, 3.8) is 0 Å². The molecule has 20 heavy (non-hydrogen) atoms. The largest absolute Gasteiger partial charge is 0.497 e. The first-order chi connectivity index (χ1) is 9.42. The quantitative estimate of drug-likeness (QED) is 0.783. The Morgan fingerprint density at radius 2 is 1.65 bits per heavy atom. The van der Waals surface area contributed by atoms with Crippen molar-refractivity contribution in [2.24, 2.45) is 0 Å². The third kappa shape index (κ3) is 2.85. The fraction of sp³-hybridized carbons (Fsp3) is 0.0714. The van der Waals surface area contributed by atoms with Crippen LogP contribution in [0.3, 0.4) is 0 Å². The molecule has 104 valence electrons. The molecule has 0 radical (unpaired) electrons. The molecule has 0 N–H and O–H groups in total. The lowest BCUT2D eigenvalue weighted by Crippen LogP contribution is -2.08. The van der Waals surface area contributed by atoms with Gasteiger partial charge >= 0.3 is 0 Å². The average molecular weight is 345 g/mol. The Morgan fingerprint density at radius 3 is 2.15 bits per heavy atom. The van der Waals surface area contributed by atoms with Gasteiger partial charge in [0.1, 0.15) is 23.2 Å². The minimum Gasteiger partial charge on any atom is -0.497 e. The van der Waals surface area contributed by atoms with Crippen molar-refractivity contribution in [3.05, 3.63) is 63.4 Å². The van der Waals surface area contributed by atoms with Gasteiger partial charge in [0.05, 0.1) is 12.7 Å². The van der Waals surface area contributed by atoms with E-state index in [-0.39, 0.29) is 11.3 Å². The van der Waals surface area contributed by atoms with Gasteiger partial charge in [-0.15, -0.1) is 0 Å². The molecular formula is C14H8BrF3O2. The number of benzene rings is 2. The maximum atomic E-state index is 13.8. The highest BCUT2D eigenvalue weighted by Gasteiger charge is 2.21. The van der Waals surface area contributed by atoms with Crippen LogP contribution in [0, 0.1) is 17.5 Å². The Bertz CT molecular complexity index is 643. The molecule has 0 amide bonds. The Hall–Kier alpha value is -1.82. The van der Waals surface area contributed by atoms with E-state index in [0.29, 0.717) is 4.47 Å². The van der Waals surface area contributed by atoms with Crippen molar-refractivity contribution in [1.82, 2.24) is 0 Å². The first kappa shape index (κ1) is 14.6. The van der Waals surface area contributed by atoms with Crippen LogP contribution in [0.5, 0.6) is 5.75 Å². The number of carbonyl (C=O) groups is 1. The van der Waals surface area contributed by atoms with Crippen LogP contribution >= 0.6 is 15.9 Å². The monoisotopic (exact) mass is 344 g/mol. The molecule has 0 fully saturated rings. The number of ketones is 1. The normalized spacial score (nSPS) is 10.4. The Balaban J connectivity index is 2.53. The van der Waals surface area contributed by atoms with Gasteiger partial charge in [0.25, 0.3) is 0 Å². The standard InChI is InChI=1S/C14H8BrF3O2/c1-20-10-5-11(17)13(12(18)6-10)14(19)7-2-8(15)4-9(16)3-7/h2-6H,1H3. The molecule has 6 heteroatoms. The second-order valence-corrected chi connectivity index (χ2v) is 4.87. The number of halogens is 4. The zero-order valence-electron chi connectivity index (χ0n) is 10.2. The summed E-state index contributed by atoms with van der Waals surface area (Å²) >= 11 is 3.01. The van der Waals surface area contributed by atoms with Gasteiger partial charge in [0, 0.05) is 22.2 Å². The van der Waals surface area contributed by atoms with E-state index in [2.05, 4.69) is 15.9 Å². The minimum absolute atomic E-state index is 0.0445. The van der Waals surface area contributed by atoms with Crippen LogP contribution in [0.2, 0.25) is 0 Å². The van der Waals surface area contributed by atoms with Crippen LogP contribution in [0.4, 0.5) is 13.2 Å². The van der Waals surface area contributed by atoms with E-state index in [1.54, 1.807) is 0 Å². The summed E-state index contributed by atoms with van der Waals surface area (Å²) in [7, 11) is 1.25. The number of hydrogen-bond donors (Lipinski definition) is 0. The fourth-order valence-corrected chi connectivity index (χ4v) is 2.18. The first-order valence-corrected chi connectivity index (χ1v) is 6.25. The first-order valence-electron chi connectivity index (χ1n) is 5.46. The lowest BCUT2D eigenvalue weighted by Gasteiger charge is -2.07. The molecule has 0 saturated heterocycles. The van der Waals surface area contributed by atoms with Crippen molar-refractivity contribution in [1.29, 1.82) is 0 Å². The molecule has 2 nitrogen and oxygen atoms in total. The summed E-state index contributed by atoms with van der Waals surface area (Å²) in [6.07, 6.45) is 0. The number of methoxy groups -OCH3 is 1. The number of hydrogen-bond acceptors (Lipinski definition) is 2. The zero-order chi connectivity index (χ0) is 14.9. The van der Waals surface area contributed by atoms with Gasteiger partial charge in [-0.2, -0.15) is 0 Å². The van der Waals surface area contributed by atoms with E-state index in [9.17, 15) is 18.0 Å². The van der Waals surface area contributed by atoms with E-state index in [4.69, 9.17) is 4.74 Å². The van der Waals surface area contributed by atoms with Gasteiger partial charge in [0.15, 0.2) is 5.78 Å². The maximum Gasteiger partial charge on any atom is 0.199 e. The molecule has 2 aromatic rings. The molecular weight excluding hydrogens is 337 g/mol. The van der Waals surface area contributed by atoms with Crippen molar-refractivity contribution >= 4 is 21.7 Å². The Kier molecular flexibility index (Phi) is 4.13. The zero-order valence-corrected chi connectivity index (χ0v) is 11.8. The molecule has 0 unspecified atom stereocenters. The number of ether oxygens (including phenoxy) is 1. The topological polar surface area (TPSA) is 26.3 Å². The molecule has 2 rings (SSSR count). The molecule has 0 bridgehead atoms. The SMILES string of the molecule is COc1cc(F)c(C(=O)c2cc(F)cc(Br)c2)c(F)c1. The van der Waals surface area contributed by atoms with Crippen molar-refractivity contribution in [2.75, 3.05) is 7.11 Å². The van der Waals surface area contributed by atoms with E-state index in [0.717, 1.165) is 24.3 Å². The third-order valence-electron chi connectivity index (χ3n) is 2.60. The highest BCUT2D eigenvalue weighted by atomic mass is 79.9. The molecule has 0 aliphatic heterocycles. The predicted octanol–water partition coefficient (Wildman–Crippen LogP) is 4.11. The van der Waals surface area contributed by atoms with Gasteiger partial charge < -0.3 is 4.74 Å². The molecule has 0 aliphatic rings. The Morgan fingerprint density at radius 1 is 1.05 bits per heavy atom. The molecule has 0 atom stereocenters. The van der Waals surface area contributed by atoms with Gasteiger partial charge in [-0.25, -0.2) is 13.2 Å². The average Bonchev–Trinajstić information content (AvgIpc) is 2.36. The van der Waals surface area contributed by atoms with Gasteiger partial charge in [0.2, 0.25) is 0 Å². The molecule has 2 aromatic carbocycles. The maximum absolute atomic E-state index is 13.8. The molecule has 0 saturated carbocycles. The second kappa shape index (κ2) is 5.66. The predicted molar refractivity (Wildman–Crippen MR) is 70.4 cm³/mol. The van der Waals surface area contributed by atoms with Gasteiger partial charge in [-0.3, -0.25) is 4.79 Å². The number of carbonyl (C=O) groups excluding carboxylic acids is 1. The summed E-state index contributed by atoms with van der Waals surface area (Å²) in [4.78, 5) is 12.1. The minimum atomic E-state index is -1.06. The summed E-state index contributed by atoms with van der Waals surface area (Å²) < 4.78 is 45.8.